The second kappa shape index (κ2) is 5.21. The molecule has 0 saturated heterocycles. The van der Waals surface area contributed by atoms with Crippen molar-refractivity contribution in [2.24, 2.45) is 0 Å². The number of allylic oxidation sites excluding steroid dienone is 3. The topological polar surface area (TPSA) is 9.23 Å². The van der Waals surface area contributed by atoms with Crippen LogP contribution in [0.2, 0.25) is 0 Å². The molecule has 0 radical (unpaired) electrons. The summed E-state index contributed by atoms with van der Waals surface area (Å²) in [5.74, 6) is 2.18. The van der Waals surface area contributed by atoms with E-state index in [0.717, 1.165) is 24.4 Å². The van der Waals surface area contributed by atoms with Crippen molar-refractivity contribution in [1.29, 1.82) is 0 Å². The molecule has 1 nitrogen and oxygen atoms in total. The molecule has 1 atom stereocenters. The van der Waals surface area contributed by atoms with Crippen LogP contribution in [-0.2, 0) is 0 Å². The molecule has 3 heteroatoms. The largest absolute Gasteiger partial charge is 0.459 e. The number of benzene rings is 2. The summed E-state index contributed by atoms with van der Waals surface area (Å²) in [6, 6.07) is 19.3. The molecule has 0 fully saturated rings. The van der Waals surface area contributed by atoms with Gasteiger partial charge in [-0.3, -0.25) is 0 Å². The van der Waals surface area contributed by atoms with Crippen LogP contribution >= 0.6 is 28.4 Å². The van der Waals surface area contributed by atoms with Crippen molar-refractivity contribution in [3.63, 3.8) is 0 Å². The van der Waals surface area contributed by atoms with Gasteiger partial charge in [0, 0.05) is 21.1 Å². The van der Waals surface area contributed by atoms with Crippen LogP contribution in [0.3, 0.4) is 0 Å². The van der Waals surface area contributed by atoms with Gasteiger partial charge in [0.05, 0.1) is 0 Å². The molecule has 2 aromatic carbocycles. The number of fused-ring (bicyclic) bond motifs is 1. The van der Waals surface area contributed by atoms with E-state index in [1.165, 1.54) is 14.7 Å². The summed E-state index contributed by atoms with van der Waals surface area (Å²) in [5.41, 5.74) is 0. The molecule has 2 aliphatic rings. The van der Waals surface area contributed by atoms with Crippen LogP contribution in [0.4, 0.5) is 0 Å². The lowest BCUT2D eigenvalue weighted by atomic mass is 10.1. The highest BCUT2D eigenvalue weighted by atomic mass is 127. The normalized spacial score (nSPS) is 26.3. The zero-order valence-electron chi connectivity index (χ0n) is 11.5. The zero-order valence-corrected chi connectivity index (χ0v) is 14.4. The van der Waals surface area contributed by atoms with Crippen molar-refractivity contribution in [1.82, 2.24) is 0 Å². The number of hydrogen-bond acceptors (Lipinski definition) is 1. The molecule has 106 valence electrons. The van der Waals surface area contributed by atoms with Gasteiger partial charge in [-0.1, -0.05) is 43.6 Å². The third-order valence-electron chi connectivity index (χ3n) is 3.84. The summed E-state index contributed by atoms with van der Waals surface area (Å²) in [6.45, 7) is 0. The van der Waals surface area contributed by atoms with Crippen LogP contribution in [0.25, 0.3) is 0 Å². The zero-order chi connectivity index (χ0) is 14.3. The highest BCUT2D eigenvalue weighted by molar-refractivity contribution is 14.2. The Balaban J connectivity index is 2.02. The fourth-order valence-corrected chi connectivity index (χ4v) is 8.67. The summed E-state index contributed by atoms with van der Waals surface area (Å²) in [7, 11) is -1.24. The second-order valence-electron chi connectivity index (χ2n) is 5.13. The maximum atomic E-state index is 6.20. The average Bonchev–Trinajstić information content (AvgIpc) is 2.56. The Morgan fingerprint density at radius 1 is 0.952 bits per heavy atom. The maximum Gasteiger partial charge on any atom is 0.140 e. The van der Waals surface area contributed by atoms with Crippen LogP contribution in [0, 0.1) is 0 Å². The molecule has 0 bridgehead atoms. The lowest BCUT2D eigenvalue weighted by Gasteiger charge is -2.42. The van der Waals surface area contributed by atoms with Gasteiger partial charge >= 0.3 is 0 Å². The monoisotopic (exact) mass is 406 g/mol. The Bertz CT molecular complexity index is 751. The molecule has 0 N–H and O–H groups in total. The SMILES string of the molecule is IS1(c2ccccc2)C2=C(CCC=C2)Oc2ccccc21. The standard InChI is InChI=1S/C18H15IOS/c19-21(14-8-2-1-3-9-14)17-12-6-4-10-15(17)20-16-11-5-7-13-18(16)21/h1-4,6-10,12-13H,5,11H2. The van der Waals surface area contributed by atoms with Gasteiger partial charge in [0.2, 0.25) is 0 Å². The van der Waals surface area contributed by atoms with Gasteiger partial charge < -0.3 is 4.74 Å². The molecule has 1 aliphatic heterocycles. The Labute approximate surface area is 138 Å². The molecule has 21 heavy (non-hydrogen) atoms. The van der Waals surface area contributed by atoms with E-state index in [0.29, 0.717) is 0 Å². The van der Waals surface area contributed by atoms with E-state index in [-0.39, 0.29) is 0 Å². The lowest BCUT2D eigenvalue weighted by Crippen LogP contribution is -2.13. The van der Waals surface area contributed by atoms with E-state index in [4.69, 9.17) is 4.74 Å². The second-order valence-corrected chi connectivity index (χ2v) is 11.5. The van der Waals surface area contributed by atoms with Gasteiger partial charge in [-0.2, -0.15) is 0 Å². The number of para-hydroxylation sites is 1. The Morgan fingerprint density at radius 2 is 1.71 bits per heavy atom. The van der Waals surface area contributed by atoms with Gasteiger partial charge in [0.1, 0.15) is 11.5 Å². The van der Waals surface area contributed by atoms with Crippen LogP contribution in [-0.4, -0.2) is 0 Å². The van der Waals surface area contributed by atoms with E-state index >= 15 is 0 Å². The van der Waals surface area contributed by atoms with Crippen molar-refractivity contribution in [2.75, 3.05) is 0 Å². The predicted octanol–water partition coefficient (Wildman–Crippen LogP) is 6.21. The fraction of sp³-hybridized carbons (Fsp3) is 0.111. The lowest BCUT2D eigenvalue weighted by molar-refractivity contribution is 0.388. The number of ether oxygens (including phenoxy) is 1. The number of rotatable bonds is 1. The molecular formula is C18H15IOS. The van der Waals surface area contributed by atoms with Gasteiger partial charge in [0.15, 0.2) is 0 Å². The first-order chi connectivity index (χ1) is 10.3. The first-order valence-corrected chi connectivity index (χ1v) is 11.2. The third-order valence-corrected chi connectivity index (χ3v) is 11.0. The fourth-order valence-electron chi connectivity index (χ4n) is 2.85. The smallest absolute Gasteiger partial charge is 0.140 e. The quantitative estimate of drug-likeness (QED) is 0.512. The van der Waals surface area contributed by atoms with Crippen LogP contribution in [0.1, 0.15) is 12.8 Å². The number of halogens is 1. The van der Waals surface area contributed by atoms with Crippen molar-refractivity contribution in [2.45, 2.75) is 22.6 Å². The van der Waals surface area contributed by atoms with Gasteiger partial charge in [-0.05, 0) is 58.0 Å². The van der Waals surface area contributed by atoms with Crippen molar-refractivity contribution >= 4 is 28.4 Å². The molecule has 2 aromatic rings. The van der Waals surface area contributed by atoms with Crippen LogP contribution in [0.15, 0.2) is 87.2 Å². The van der Waals surface area contributed by atoms with Gasteiger partial charge in [-0.15, -0.1) is 0 Å². The molecule has 0 spiro atoms. The van der Waals surface area contributed by atoms with Crippen LogP contribution < -0.4 is 4.74 Å². The number of hydrogen-bond donors (Lipinski definition) is 0. The molecule has 4 rings (SSSR count). The summed E-state index contributed by atoms with van der Waals surface area (Å²) in [4.78, 5) is 4.08. The summed E-state index contributed by atoms with van der Waals surface area (Å²) < 4.78 is 6.20. The van der Waals surface area contributed by atoms with Crippen molar-refractivity contribution in [3.05, 3.63) is 77.4 Å². The molecule has 1 heterocycles. The molecule has 1 aliphatic carbocycles. The van der Waals surface area contributed by atoms with Gasteiger partial charge in [0.25, 0.3) is 0 Å². The molecule has 1 unspecified atom stereocenters. The molecule has 0 saturated carbocycles. The molecular weight excluding hydrogens is 391 g/mol. The van der Waals surface area contributed by atoms with Crippen LogP contribution in [0.5, 0.6) is 5.75 Å². The van der Waals surface area contributed by atoms with Crippen molar-refractivity contribution < 1.29 is 4.74 Å². The minimum Gasteiger partial charge on any atom is -0.459 e. The third kappa shape index (κ3) is 2.06. The van der Waals surface area contributed by atoms with E-state index in [1.807, 2.05) is 0 Å². The van der Waals surface area contributed by atoms with E-state index in [2.05, 4.69) is 88.0 Å². The highest BCUT2D eigenvalue weighted by Gasteiger charge is 2.38. The molecule has 0 amide bonds. The maximum absolute atomic E-state index is 6.20. The molecule has 0 aromatic heterocycles. The van der Waals surface area contributed by atoms with E-state index in [1.54, 1.807) is 0 Å². The summed E-state index contributed by atoms with van der Waals surface area (Å²) >= 11 is 2.68. The van der Waals surface area contributed by atoms with Gasteiger partial charge in [-0.25, -0.2) is 0 Å². The highest BCUT2D eigenvalue weighted by Crippen LogP contribution is 2.78. The Kier molecular flexibility index (Phi) is 3.34. The van der Waals surface area contributed by atoms with E-state index in [9.17, 15) is 0 Å². The Morgan fingerprint density at radius 3 is 2.57 bits per heavy atom. The Hall–Kier alpha value is -1.20. The first kappa shape index (κ1) is 13.5. The minimum absolute atomic E-state index is 1.00. The van der Waals surface area contributed by atoms with E-state index < -0.39 is 7.20 Å². The summed E-state index contributed by atoms with van der Waals surface area (Å²) in [6.07, 6.45) is 6.63. The van der Waals surface area contributed by atoms with Crippen molar-refractivity contribution in [3.8, 4) is 5.75 Å². The minimum atomic E-state index is -1.24. The predicted molar refractivity (Wildman–Crippen MR) is 97.1 cm³/mol. The summed E-state index contributed by atoms with van der Waals surface area (Å²) in [5, 5.41) is 0. The first-order valence-electron chi connectivity index (χ1n) is 7.05. The average molecular weight is 406 g/mol.